The van der Waals surface area contributed by atoms with Crippen molar-refractivity contribution in [1.82, 2.24) is 10.5 Å². The van der Waals surface area contributed by atoms with Crippen LogP contribution in [0.15, 0.2) is 22.7 Å². The van der Waals surface area contributed by atoms with Gasteiger partial charge in [-0.15, -0.1) is 0 Å². The van der Waals surface area contributed by atoms with Crippen molar-refractivity contribution in [2.45, 2.75) is 12.3 Å². The molecule has 1 N–H and O–H groups in total. The fraction of sp³-hybridized carbons (Fsp3) is 0.364. The van der Waals surface area contributed by atoms with Gasteiger partial charge in [-0.25, -0.2) is 4.39 Å². The first-order chi connectivity index (χ1) is 7.34. The van der Waals surface area contributed by atoms with E-state index < -0.39 is 0 Å². The maximum absolute atomic E-state index is 12.9. The second-order valence-corrected chi connectivity index (χ2v) is 3.90. The first-order valence-electron chi connectivity index (χ1n) is 5.10. The van der Waals surface area contributed by atoms with Gasteiger partial charge >= 0.3 is 0 Å². The zero-order valence-corrected chi connectivity index (χ0v) is 8.16. The summed E-state index contributed by atoms with van der Waals surface area (Å²) in [5.74, 6) is 0.117. The highest BCUT2D eigenvalue weighted by atomic mass is 19.1. The number of aromatic nitrogens is 1. The first-order valence-corrected chi connectivity index (χ1v) is 5.10. The zero-order chi connectivity index (χ0) is 10.3. The van der Waals surface area contributed by atoms with Crippen molar-refractivity contribution in [3.63, 3.8) is 0 Å². The summed E-state index contributed by atoms with van der Waals surface area (Å²) in [6.07, 6.45) is 1.07. The van der Waals surface area contributed by atoms with Crippen LogP contribution in [0.2, 0.25) is 0 Å². The first kappa shape index (κ1) is 8.85. The van der Waals surface area contributed by atoms with Gasteiger partial charge in [0.05, 0.1) is 5.69 Å². The number of halogens is 1. The van der Waals surface area contributed by atoms with E-state index in [1.165, 1.54) is 12.1 Å². The molecule has 15 heavy (non-hydrogen) atoms. The molecule has 2 heterocycles. The standard InChI is InChI=1S/C11H11FN2O/c12-8-1-2-9-10(5-8)15-14-11(9)7-3-4-13-6-7/h1-2,5,7,13H,3-4,6H2. The minimum absolute atomic E-state index is 0.283. The number of nitrogens with one attached hydrogen (secondary N) is 1. The molecule has 1 aliphatic heterocycles. The van der Waals surface area contributed by atoms with Gasteiger partial charge in [0.25, 0.3) is 0 Å². The predicted octanol–water partition coefficient (Wildman–Crippen LogP) is 2.04. The highest BCUT2D eigenvalue weighted by molar-refractivity contribution is 5.79. The van der Waals surface area contributed by atoms with Crippen molar-refractivity contribution >= 4 is 11.0 Å². The fourth-order valence-corrected chi connectivity index (χ4v) is 2.11. The molecule has 1 fully saturated rings. The number of nitrogens with zero attached hydrogens (tertiary/aromatic N) is 1. The van der Waals surface area contributed by atoms with Gasteiger partial charge in [0.15, 0.2) is 5.58 Å². The summed E-state index contributed by atoms with van der Waals surface area (Å²) in [5.41, 5.74) is 1.49. The third kappa shape index (κ3) is 1.41. The van der Waals surface area contributed by atoms with Crippen LogP contribution in [0.3, 0.4) is 0 Å². The van der Waals surface area contributed by atoms with Crippen molar-refractivity contribution in [3.8, 4) is 0 Å². The van der Waals surface area contributed by atoms with Crippen LogP contribution < -0.4 is 5.32 Å². The van der Waals surface area contributed by atoms with Gasteiger partial charge in [0, 0.05) is 23.9 Å². The highest BCUT2D eigenvalue weighted by Crippen LogP contribution is 2.28. The maximum Gasteiger partial charge on any atom is 0.170 e. The summed E-state index contributed by atoms with van der Waals surface area (Å²) in [6.45, 7) is 1.94. The molecule has 3 nitrogen and oxygen atoms in total. The van der Waals surface area contributed by atoms with Gasteiger partial charge in [-0.1, -0.05) is 5.16 Å². The van der Waals surface area contributed by atoms with Gasteiger partial charge in [0.2, 0.25) is 0 Å². The van der Waals surface area contributed by atoms with Crippen LogP contribution >= 0.6 is 0 Å². The van der Waals surface area contributed by atoms with E-state index in [1.807, 2.05) is 0 Å². The molecular weight excluding hydrogens is 195 g/mol. The van der Waals surface area contributed by atoms with Crippen LogP contribution in [-0.2, 0) is 0 Å². The lowest BCUT2D eigenvalue weighted by molar-refractivity contribution is 0.437. The summed E-state index contributed by atoms with van der Waals surface area (Å²) in [4.78, 5) is 0. The molecule has 1 unspecified atom stereocenters. The van der Waals surface area contributed by atoms with Gasteiger partial charge in [0.1, 0.15) is 5.82 Å². The Bertz CT molecular complexity index is 488. The van der Waals surface area contributed by atoms with Crippen LogP contribution in [0.4, 0.5) is 4.39 Å². The summed E-state index contributed by atoms with van der Waals surface area (Å²) in [5, 5.41) is 8.25. The molecule has 1 atom stereocenters. The monoisotopic (exact) mass is 206 g/mol. The van der Waals surface area contributed by atoms with Crippen molar-refractivity contribution < 1.29 is 8.91 Å². The normalized spacial score (nSPS) is 21.3. The molecule has 4 heteroatoms. The van der Waals surface area contributed by atoms with E-state index in [1.54, 1.807) is 6.07 Å². The van der Waals surface area contributed by atoms with E-state index >= 15 is 0 Å². The third-order valence-electron chi connectivity index (χ3n) is 2.91. The average molecular weight is 206 g/mol. The Morgan fingerprint density at radius 3 is 3.20 bits per heavy atom. The highest BCUT2D eigenvalue weighted by Gasteiger charge is 2.22. The molecular formula is C11H11FN2O. The minimum atomic E-state index is -0.283. The van der Waals surface area contributed by atoms with Gasteiger partial charge in [-0.2, -0.15) is 0 Å². The van der Waals surface area contributed by atoms with Crippen LogP contribution in [0, 0.1) is 5.82 Å². The molecule has 0 saturated carbocycles. The average Bonchev–Trinajstić information content (AvgIpc) is 2.82. The van der Waals surface area contributed by atoms with Crippen molar-refractivity contribution in [2.24, 2.45) is 0 Å². The second kappa shape index (κ2) is 3.31. The largest absolute Gasteiger partial charge is 0.356 e. The zero-order valence-electron chi connectivity index (χ0n) is 8.16. The van der Waals surface area contributed by atoms with Crippen LogP contribution in [0.25, 0.3) is 11.0 Å². The Labute approximate surface area is 86.2 Å². The van der Waals surface area contributed by atoms with Crippen molar-refractivity contribution in [2.75, 3.05) is 13.1 Å². The lowest BCUT2D eigenvalue weighted by atomic mass is 10.0. The van der Waals surface area contributed by atoms with E-state index in [0.29, 0.717) is 11.5 Å². The quantitative estimate of drug-likeness (QED) is 0.776. The Balaban J connectivity index is 2.11. The van der Waals surface area contributed by atoms with Crippen molar-refractivity contribution in [3.05, 3.63) is 29.7 Å². The van der Waals surface area contributed by atoms with Crippen LogP contribution in [-0.4, -0.2) is 18.2 Å². The number of hydrogen-bond acceptors (Lipinski definition) is 3. The summed E-state index contributed by atoms with van der Waals surface area (Å²) in [7, 11) is 0. The fourth-order valence-electron chi connectivity index (χ4n) is 2.11. The molecule has 3 rings (SSSR count). The van der Waals surface area contributed by atoms with Crippen molar-refractivity contribution in [1.29, 1.82) is 0 Å². The molecule has 1 aromatic heterocycles. The Morgan fingerprint density at radius 2 is 2.40 bits per heavy atom. The number of benzene rings is 1. The van der Waals surface area contributed by atoms with E-state index in [-0.39, 0.29) is 5.82 Å². The number of fused-ring (bicyclic) bond motifs is 1. The molecule has 1 saturated heterocycles. The predicted molar refractivity (Wildman–Crippen MR) is 54.2 cm³/mol. The Kier molecular flexibility index (Phi) is 1.95. The van der Waals surface area contributed by atoms with Gasteiger partial charge in [-0.3, -0.25) is 0 Å². The third-order valence-corrected chi connectivity index (χ3v) is 2.91. The molecule has 2 aromatic rings. The topological polar surface area (TPSA) is 38.1 Å². The second-order valence-electron chi connectivity index (χ2n) is 3.90. The molecule has 0 radical (unpaired) electrons. The number of rotatable bonds is 1. The number of hydrogen-bond donors (Lipinski definition) is 1. The van der Waals surface area contributed by atoms with E-state index in [2.05, 4.69) is 10.5 Å². The SMILES string of the molecule is Fc1ccc2c(C3CCNC3)noc2c1. The summed E-state index contributed by atoms with van der Waals surface area (Å²) < 4.78 is 18.0. The Hall–Kier alpha value is -1.42. The molecule has 0 aliphatic carbocycles. The van der Waals surface area contributed by atoms with Gasteiger partial charge in [-0.05, 0) is 25.1 Å². The van der Waals surface area contributed by atoms with E-state index in [9.17, 15) is 4.39 Å². The lowest BCUT2D eigenvalue weighted by Gasteiger charge is -2.02. The lowest BCUT2D eigenvalue weighted by Crippen LogP contribution is -2.08. The molecule has 1 aliphatic rings. The van der Waals surface area contributed by atoms with Crippen LogP contribution in [0.5, 0.6) is 0 Å². The molecule has 0 amide bonds. The summed E-state index contributed by atoms with van der Waals surface area (Å²) >= 11 is 0. The smallest absolute Gasteiger partial charge is 0.170 e. The Morgan fingerprint density at radius 1 is 1.47 bits per heavy atom. The summed E-state index contributed by atoms with van der Waals surface area (Å²) in [6, 6.07) is 4.58. The molecule has 1 aromatic carbocycles. The van der Waals surface area contributed by atoms with E-state index in [4.69, 9.17) is 4.52 Å². The maximum atomic E-state index is 12.9. The van der Waals surface area contributed by atoms with E-state index in [0.717, 1.165) is 30.6 Å². The molecule has 0 bridgehead atoms. The van der Waals surface area contributed by atoms with Crippen LogP contribution in [0.1, 0.15) is 18.0 Å². The molecule has 78 valence electrons. The molecule has 0 spiro atoms. The van der Waals surface area contributed by atoms with Gasteiger partial charge < -0.3 is 9.84 Å². The minimum Gasteiger partial charge on any atom is -0.356 e.